The maximum absolute atomic E-state index is 12.2. The minimum Gasteiger partial charge on any atom is -0.481 e. The SMILES string of the molecule is COc1nc(CC(=O)O)c(CN)cc1OC(F)(F)F. The summed E-state index contributed by atoms with van der Waals surface area (Å²) in [4.78, 5) is 14.3. The molecule has 1 rings (SSSR count). The van der Waals surface area contributed by atoms with Gasteiger partial charge in [-0.25, -0.2) is 4.98 Å². The van der Waals surface area contributed by atoms with Gasteiger partial charge in [-0.15, -0.1) is 13.2 Å². The molecular weight excluding hydrogens is 269 g/mol. The first-order valence-corrected chi connectivity index (χ1v) is 5.01. The molecule has 1 heterocycles. The van der Waals surface area contributed by atoms with Crippen molar-refractivity contribution < 1.29 is 32.5 Å². The largest absolute Gasteiger partial charge is 0.573 e. The summed E-state index contributed by atoms with van der Waals surface area (Å²) in [6.07, 6.45) is -5.38. The second kappa shape index (κ2) is 5.74. The zero-order valence-corrected chi connectivity index (χ0v) is 9.82. The highest BCUT2D eigenvalue weighted by atomic mass is 19.4. The summed E-state index contributed by atoms with van der Waals surface area (Å²) in [6, 6.07) is 0.970. The zero-order chi connectivity index (χ0) is 14.6. The molecule has 0 bridgehead atoms. The minimum atomic E-state index is -4.91. The summed E-state index contributed by atoms with van der Waals surface area (Å²) < 4.78 is 44.9. The third-order valence-corrected chi connectivity index (χ3v) is 2.08. The number of nitrogens with zero attached hydrogens (tertiary/aromatic N) is 1. The van der Waals surface area contributed by atoms with E-state index in [9.17, 15) is 18.0 Å². The first-order chi connectivity index (χ1) is 8.76. The van der Waals surface area contributed by atoms with Crippen molar-refractivity contribution in [2.24, 2.45) is 5.73 Å². The molecule has 1 aromatic heterocycles. The molecule has 3 N–H and O–H groups in total. The molecule has 0 saturated heterocycles. The molecule has 0 radical (unpaired) electrons. The van der Waals surface area contributed by atoms with Gasteiger partial charge >= 0.3 is 12.3 Å². The second-order valence-electron chi connectivity index (χ2n) is 3.42. The van der Waals surface area contributed by atoms with Crippen LogP contribution in [0.25, 0.3) is 0 Å². The van der Waals surface area contributed by atoms with Crippen LogP contribution in [0.5, 0.6) is 11.6 Å². The predicted octanol–water partition coefficient (Wildman–Crippen LogP) is 1.07. The van der Waals surface area contributed by atoms with Crippen LogP contribution in [0, 0.1) is 0 Å². The third-order valence-electron chi connectivity index (χ3n) is 2.08. The van der Waals surface area contributed by atoms with Crippen molar-refractivity contribution in [2.75, 3.05) is 7.11 Å². The van der Waals surface area contributed by atoms with Gasteiger partial charge in [-0.05, 0) is 11.6 Å². The lowest BCUT2D eigenvalue weighted by Gasteiger charge is -2.14. The summed E-state index contributed by atoms with van der Waals surface area (Å²) in [5, 5.41) is 8.67. The molecule has 0 aliphatic heterocycles. The first-order valence-electron chi connectivity index (χ1n) is 5.01. The number of methoxy groups -OCH3 is 1. The smallest absolute Gasteiger partial charge is 0.481 e. The summed E-state index contributed by atoms with van der Waals surface area (Å²) in [5.74, 6) is -2.30. The molecule has 0 unspecified atom stereocenters. The van der Waals surface area contributed by atoms with E-state index in [1.165, 1.54) is 0 Å². The van der Waals surface area contributed by atoms with Crippen molar-refractivity contribution in [1.29, 1.82) is 0 Å². The number of hydrogen-bond donors (Lipinski definition) is 2. The fraction of sp³-hybridized carbons (Fsp3) is 0.400. The van der Waals surface area contributed by atoms with Crippen LogP contribution in [0.3, 0.4) is 0 Å². The number of hydrogen-bond acceptors (Lipinski definition) is 5. The number of carbonyl (C=O) groups is 1. The van der Waals surface area contributed by atoms with E-state index in [0.717, 1.165) is 13.2 Å². The molecule has 0 aromatic carbocycles. The van der Waals surface area contributed by atoms with Crippen molar-refractivity contribution in [2.45, 2.75) is 19.3 Å². The standard InChI is InChI=1S/C10H11F3N2O4/c1-18-9-7(19-10(11,12)13)2-5(4-14)6(15-9)3-8(16)17/h2H,3-4,14H2,1H3,(H,16,17). The number of halogens is 3. The van der Waals surface area contributed by atoms with Crippen LogP contribution in [0.15, 0.2) is 6.07 Å². The van der Waals surface area contributed by atoms with Crippen molar-refractivity contribution in [1.82, 2.24) is 4.98 Å². The Hall–Kier alpha value is -2.03. The fourth-order valence-corrected chi connectivity index (χ4v) is 1.37. The molecular formula is C10H11F3N2O4. The van der Waals surface area contributed by atoms with E-state index in [1.807, 2.05) is 0 Å². The molecule has 0 aliphatic carbocycles. The van der Waals surface area contributed by atoms with Gasteiger partial charge in [-0.1, -0.05) is 0 Å². The number of alkyl halides is 3. The van der Waals surface area contributed by atoms with Gasteiger partial charge in [0.05, 0.1) is 19.2 Å². The quantitative estimate of drug-likeness (QED) is 0.838. The van der Waals surface area contributed by atoms with E-state index in [2.05, 4.69) is 14.5 Å². The van der Waals surface area contributed by atoms with Gasteiger partial charge in [0.1, 0.15) is 0 Å². The van der Waals surface area contributed by atoms with Crippen molar-refractivity contribution in [3.05, 3.63) is 17.3 Å². The number of pyridine rings is 1. The molecule has 19 heavy (non-hydrogen) atoms. The number of rotatable bonds is 5. The van der Waals surface area contributed by atoms with Gasteiger partial charge in [0.15, 0.2) is 5.75 Å². The summed E-state index contributed by atoms with van der Waals surface area (Å²) >= 11 is 0. The van der Waals surface area contributed by atoms with Gasteiger partial charge in [-0.2, -0.15) is 0 Å². The van der Waals surface area contributed by atoms with Crippen molar-refractivity contribution in [3.8, 4) is 11.6 Å². The highest BCUT2D eigenvalue weighted by Gasteiger charge is 2.33. The summed E-state index contributed by atoms with van der Waals surface area (Å²) in [6.45, 7) is -0.173. The average Bonchev–Trinajstić information content (AvgIpc) is 2.27. The lowest BCUT2D eigenvalue weighted by Crippen LogP contribution is -2.19. The lowest BCUT2D eigenvalue weighted by atomic mass is 10.1. The molecule has 0 fully saturated rings. The molecule has 0 amide bonds. The molecule has 1 aromatic rings. The van der Waals surface area contributed by atoms with Crippen LogP contribution >= 0.6 is 0 Å². The third kappa shape index (κ3) is 4.28. The molecule has 0 spiro atoms. The number of aromatic nitrogens is 1. The van der Waals surface area contributed by atoms with E-state index >= 15 is 0 Å². The summed E-state index contributed by atoms with van der Waals surface area (Å²) in [5.41, 5.74) is 5.51. The molecule has 0 atom stereocenters. The highest BCUT2D eigenvalue weighted by molar-refractivity contribution is 5.70. The average molecular weight is 280 g/mol. The molecule has 0 saturated carbocycles. The van der Waals surface area contributed by atoms with Gasteiger partial charge in [-0.3, -0.25) is 4.79 Å². The number of carboxylic acids is 1. The Balaban J connectivity index is 3.22. The molecule has 106 valence electrons. The Morgan fingerprint density at radius 2 is 2.16 bits per heavy atom. The number of ether oxygens (including phenoxy) is 2. The number of carboxylic acid groups (broad SMARTS) is 1. The fourth-order valence-electron chi connectivity index (χ4n) is 1.37. The van der Waals surface area contributed by atoms with Crippen LogP contribution in [-0.4, -0.2) is 29.5 Å². The Kier molecular flexibility index (Phi) is 4.54. The van der Waals surface area contributed by atoms with E-state index < -0.39 is 30.4 Å². The topological polar surface area (TPSA) is 94.7 Å². The van der Waals surface area contributed by atoms with E-state index in [4.69, 9.17) is 10.8 Å². The Morgan fingerprint density at radius 1 is 1.53 bits per heavy atom. The molecule has 6 nitrogen and oxygen atoms in total. The van der Waals surface area contributed by atoms with Gasteiger partial charge in [0.25, 0.3) is 5.88 Å². The van der Waals surface area contributed by atoms with Gasteiger partial charge < -0.3 is 20.3 Å². The predicted molar refractivity (Wildman–Crippen MR) is 56.7 cm³/mol. The van der Waals surface area contributed by atoms with Crippen LogP contribution < -0.4 is 15.2 Å². The first kappa shape index (κ1) is 15.0. The Bertz CT molecular complexity index is 477. The van der Waals surface area contributed by atoms with E-state index in [0.29, 0.717) is 0 Å². The molecule has 0 aliphatic rings. The van der Waals surface area contributed by atoms with Crippen molar-refractivity contribution >= 4 is 5.97 Å². The van der Waals surface area contributed by atoms with Gasteiger partial charge in [0.2, 0.25) is 0 Å². The van der Waals surface area contributed by atoms with E-state index in [-0.39, 0.29) is 17.8 Å². The van der Waals surface area contributed by atoms with Crippen LogP contribution in [0.1, 0.15) is 11.3 Å². The van der Waals surface area contributed by atoms with Crippen LogP contribution in [0.2, 0.25) is 0 Å². The second-order valence-corrected chi connectivity index (χ2v) is 3.42. The van der Waals surface area contributed by atoms with Crippen molar-refractivity contribution in [3.63, 3.8) is 0 Å². The zero-order valence-electron chi connectivity index (χ0n) is 9.82. The Labute approximate surface area is 105 Å². The number of nitrogens with two attached hydrogens (primary N) is 1. The summed E-state index contributed by atoms with van der Waals surface area (Å²) in [7, 11) is 1.10. The highest BCUT2D eigenvalue weighted by Crippen LogP contribution is 2.32. The Morgan fingerprint density at radius 3 is 2.58 bits per heavy atom. The van der Waals surface area contributed by atoms with Crippen LogP contribution in [-0.2, 0) is 17.8 Å². The monoisotopic (exact) mass is 280 g/mol. The van der Waals surface area contributed by atoms with Gasteiger partial charge in [0, 0.05) is 6.54 Å². The van der Waals surface area contributed by atoms with Crippen LogP contribution in [0.4, 0.5) is 13.2 Å². The lowest BCUT2D eigenvalue weighted by molar-refractivity contribution is -0.275. The maximum atomic E-state index is 12.2. The normalized spacial score (nSPS) is 11.2. The maximum Gasteiger partial charge on any atom is 0.573 e. The minimum absolute atomic E-state index is 0.0291. The molecule has 9 heteroatoms. The number of aliphatic carboxylic acids is 1. The van der Waals surface area contributed by atoms with E-state index in [1.54, 1.807) is 0 Å².